The number of halogens is 1. The van der Waals surface area contributed by atoms with Crippen molar-refractivity contribution in [1.82, 2.24) is 14.5 Å². The van der Waals surface area contributed by atoms with Gasteiger partial charge in [-0.05, 0) is 54.1 Å². The smallest absolute Gasteiger partial charge is 0.266 e. The maximum Gasteiger partial charge on any atom is 0.266 e. The third-order valence-corrected chi connectivity index (χ3v) is 7.39. The van der Waals surface area contributed by atoms with E-state index in [1.807, 2.05) is 36.4 Å². The summed E-state index contributed by atoms with van der Waals surface area (Å²) in [4.78, 5) is 33.3. The number of ether oxygens (including phenoxy) is 2. The van der Waals surface area contributed by atoms with Crippen LogP contribution in [0.25, 0.3) is 16.6 Å². The SMILES string of the molecule is COc1ccc(-n2c(SCc3ccccc3Cl)nc3cc(C(=O)N4CCOCC4)ccc3c2=O)cc1. The highest BCUT2D eigenvalue weighted by Crippen LogP contribution is 2.28. The lowest BCUT2D eigenvalue weighted by atomic mass is 10.1. The van der Waals surface area contributed by atoms with Crippen LogP contribution in [0.5, 0.6) is 5.75 Å². The number of carbonyl (C=O) groups excluding carboxylic acids is 1. The molecule has 0 aliphatic carbocycles. The Kier molecular flexibility index (Phi) is 7.27. The van der Waals surface area contributed by atoms with Crippen molar-refractivity contribution in [1.29, 1.82) is 0 Å². The molecule has 0 atom stereocenters. The van der Waals surface area contributed by atoms with Gasteiger partial charge in [0.05, 0.1) is 36.9 Å². The monoisotopic (exact) mass is 521 g/mol. The van der Waals surface area contributed by atoms with Crippen molar-refractivity contribution in [3.05, 3.63) is 93.2 Å². The largest absolute Gasteiger partial charge is 0.497 e. The number of aromatic nitrogens is 2. The van der Waals surface area contributed by atoms with E-state index in [-0.39, 0.29) is 11.5 Å². The van der Waals surface area contributed by atoms with Gasteiger partial charge >= 0.3 is 0 Å². The number of morpholine rings is 1. The summed E-state index contributed by atoms with van der Waals surface area (Å²) in [6.45, 7) is 2.13. The number of amides is 1. The summed E-state index contributed by atoms with van der Waals surface area (Å²) in [5.41, 5.74) is 2.38. The maximum atomic E-state index is 13.7. The molecule has 0 spiro atoms. The van der Waals surface area contributed by atoms with E-state index < -0.39 is 0 Å². The summed E-state index contributed by atoms with van der Waals surface area (Å²) >= 11 is 7.78. The highest BCUT2D eigenvalue weighted by Gasteiger charge is 2.21. The maximum absolute atomic E-state index is 13.7. The van der Waals surface area contributed by atoms with Crippen molar-refractivity contribution in [2.24, 2.45) is 0 Å². The van der Waals surface area contributed by atoms with Crippen LogP contribution in [0.15, 0.2) is 76.7 Å². The summed E-state index contributed by atoms with van der Waals surface area (Å²) in [5.74, 6) is 1.13. The Labute approximate surface area is 217 Å². The normalized spacial score (nSPS) is 13.7. The van der Waals surface area contributed by atoms with Crippen LogP contribution < -0.4 is 10.3 Å². The standard InChI is InChI=1S/C27H24ClN3O4S/c1-34-21-9-7-20(8-10-21)31-26(33)22-11-6-18(25(32)30-12-14-35-15-13-30)16-24(22)29-27(31)36-17-19-4-2-3-5-23(19)28/h2-11,16H,12-15,17H2,1H3. The lowest BCUT2D eigenvalue weighted by Gasteiger charge is -2.26. The zero-order chi connectivity index (χ0) is 25.1. The molecule has 9 heteroatoms. The predicted molar refractivity (Wildman–Crippen MR) is 142 cm³/mol. The minimum atomic E-state index is -0.211. The van der Waals surface area contributed by atoms with Crippen LogP contribution in [-0.2, 0) is 10.5 Å². The van der Waals surface area contributed by atoms with Gasteiger partial charge in [-0.1, -0.05) is 41.6 Å². The van der Waals surface area contributed by atoms with E-state index in [0.29, 0.717) is 70.1 Å². The molecule has 1 aliphatic rings. The van der Waals surface area contributed by atoms with E-state index in [1.165, 1.54) is 11.8 Å². The second-order valence-corrected chi connectivity index (χ2v) is 9.60. The highest BCUT2D eigenvalue weighted by atomic mass is 35.5. The molecule has 5 rings (SSSR count). The van der Waals surface area contributed by atoms with Crippen molar-refractivity contribution in [2.75, 3.05) is 33.4 Å². The second kappa shape index (κ2) is 10.7. The fourth-order valence-corrected chi connectivity index (χ4v) is 5.36. The van der Waals surface area contributed by atoms with Crippen LogP contribution >= 0.6 is 23.4 Å². The van der Waals surface area contributed by atoms with E-state index >= 15 is 0 Å². The molecule has 36 heavy (non-hydrogen) atoms. The first kappa shape index (κ1) is 24.4. The van der Waals surface area contributed by atoms with Gasteiger partial charge in [-0.2, -0.15) is 0 Å². The van der Waals surface area contributed by atoms with Gasteiger partial charge in [0.1, 0.15) is 5.75 Å². The zero-order valence-corrected chi connectivity index (χ0v) is 21.2. The minimum absolute atomic E-state index is 0.0911. The highest BCUT2D eigenvalue weighted by molar-refractivity contribution is 7.98. The summed E-state index contributed by atoms with van der Waals surface area (Å²) < 4.78 is 12.2. The number of fused-ring (bicyclic) bond motifs is 1. The topological polar surface area (TPSA) is 73.7 Å². The molecule has 7 nitrogen and oxygen atoms in total. The van der Waals surface area contributed by atoms with Crippen LogP contribution in [0.3, 0.4) is 0 Å². The molecule has 184 valence electrons. The van der Waals surface area contributed by atoms with Gasteiger partial charge in [-0.3, -0.25) is 14.2 Å². The Morgan fingerprint density at radius 2 is 1.83 bits per heavy atom. The summed E-state index contributed by atoms with van der Waals surface area (Å²) in [5, 5.41) is 1.60. The van der Waals surface area contributed by atoms with Crippen molar-refractivity contribution >= 4 is 40.2 Å². The van der Waals surface area contributed by atoms with Crippen LogP contribution in [0, 0.1) is 0 Å². The van der Waals surface area contributed by atoms with Crippen LogP contribution in [0.4, 0.5) is 0 Å². The Morgan fingerprint density at radius 3 is 2.56 bits per heavy atom. The molecule has 1 aromatic heterocycles. The lowest BCUT2D eigenvalue weighted by Crippen LogP contribution is -2.40. The number of rotatable bonds is 6. The molecule has 0 bridgehead atoms. The van der Waals surface area contributed by atoms with E-state index in [1.54, 1.807) is 46.9 Å². The van der Waals surface area contributed by atoms with Gasteiger partial charge in [0, 0.05) is 29.4 Å². The first-order valence-electron chi connectivity index (χ1n) is 11.5. The minimum Gasteiger partial charge on any atom is -0.497 e. The molecule has 0 unspecified atom stereocenters. The lowest BCUT2D eigenvalue weighted by molar-refractivity contribution is 0.0303. The summed E-state index contributed by atoms with van der Waals surface area (Å²) in [7, 11) is 1.60. The number of carbonyl (C=O) groups is 1. The molecule has 1 amide bonds. The van der Waals surface area contributed by atoms with Crippen LogP contribution in [0.1, 0.15) is 15.9 Å². The molecule has 3 aromatic carbocycles. The molecule has 0 radical (unpaired) electrons. The molecule has 0 saturated carbocycles. The quantitative estimate of drug-likeness (QED) is 0.268. The molecule has 1 aliphatic heterocycles. The van der Waals surface area contributed by atoms with Crippen molar-refractivity contribution in [2.45, 2.75) is 10.9 Å². The Morgan fingerprint density at radius 1 is 1.08 bits per heavy atom. The van der Waals surface area contributed by atoms with E-state index in [9.17, 15) is 9.59 Å². The number of nitrogens with zero attached hydrogens (tertiary/aromatic N) is 3. The van der Waals surface area contributed by atoms with Gasteiger partial charge < -0.3 is 14.4 Å². The third kappa shape index (κ3) is 4.97. The van der Waals surface area contributed by atoms with E-state index in [4.69, 9.17) is 26.1 Å². The fraction of sp³-hybridized carbons (Fsp3) is 0.222. The number of benzene rings is 3. The first-order valence-corrected chi connectivity index (χ1v) is 12.9. The average Bonchev–Trinajstić information content (AvgIpc) is 2.92. The number of hydrogen-bond donors (Lipinski definition) is 0. The average molecular weight is 522 g/mol. The second-order valence-electron chi connectivity index (χ2n) is 8.25. The van der Waals surface area contributed by atoms with Crippen molar-refractivity contribution in [3.63, 3.8) is 0 Å². The van der Waals surface area contributed by atoms with Gasteiger partial charge in [0.2, 0.25) is 0 Å². The van der Waals surface area contributed by atoms with Crippen molar-refractivity contribution < 1.29 is 14.3 Å². The molecule has 2 heterocycles. The number of hydrogen-bond acceptors (Lipinski definition) is 6. The fourth-order valence-electron chi connectivity index (χ4n) is 4.06. The van der Waals surface area contributed by atoms with Crippen LogP contribution in [-0.4, -0.2) is 53.8 Å². The Balaban J connectivity index is 1.59. The Hall–Kier alpha value is -3.33. The molecular formula is C27H24ClN3O4S. The van der Waals surface area contributed by atoms with E-state index in [2.05, 4.69) is 0 Å². The molecule has 1 saturated heterocycles. The van der Waals surface area contributed by atoms with E-state index in [0.717, 1.165) is 5.56 Å². The molecular weight excluding hydrogens is 498 g/mol. The van der Waals surface area contributed by atoms with Gasteiger partial charge in [-0.15, -0.1) is 0 Å². The molecule has 4 aromatic rings. The van der Waals surface area contributed by atoms with Gasteiger partial charge in [-0.25, -0.2) is 4.98 Å². The Bertz CT molecular complexity index is 1470. The van der Waals surface area contributed by atoms with Gasteiger partial charge in [0.15, 0.2) is 5.16 Å². The summed E-state index contributed by atoms with van der Waals surface area (Å²) in [6.07, 6.45) is 0. The molecule has 1 fully saturated rings. The predicted octanol–water partition coefficient (Wildman–Crippen LogP) is 4.81. The number of thioether (sulfide) groups is 1. The third-order valence-electron chi connectivity index (χ3n) is 6.03. The first-order chi connectivity index (χ1) is 17.5. The zero-order valence-electron chi connectivity index (χ0n) is 19.6. The molecule has 0 N–H and O–H groups in total. The van der Waals surface area contributed by atoms with Gasteiger partial charge in [0.25, 0.3) is 11.5 Å². The summed E-state index contributed by atoms with van der Waals surface area (Å²) in [6, 6.07) is 19.9. The van der Waals surface area contributed by atoms with Crippen molar-refractivity contribution in [3.8, 4) is 11.4 Å². The number of methoxy groups -OCH3 is 1. The van der Waals surface area contributed by atoms with Crippen LogP contribution in [0.2, 0.25) is 5.02 Å².